The Labute approximate surface area is 111 Å². The third kappa shape index (κ3) is 2.11. The smallest absolute Gasteiger partial charge is 0.306 e. The molecule has 0 spiro atoms. The van der Waals surface area contributed by atoms with Crippen LogP contribution in [0.25, 0.3) is 11.1 Å². The van der Waals surface area contributed by atoms with Gasteiger partial charge in [0.15, 0.2) is 0 Å². The molecule has 0 radical (unpaired) electrons. The molecule has 0 saturated heterocycles. The van der Waals surface area contributed by atoms with Gasteiger partial charge in [-0.15, -0.1) is 0 Å². The molecule has 2 aromatic rings. The number of aromatic nitrogens is 2. The molecule has 2 aromatic heterocycles. The maximum Gasteiger partial charge on any atom is 0.348 e. The van der Waals surface area contributed by atoms with Crippen LogP contribution in [0.3, 0.4) is 0 Å². The lowest BCUT2D eigenvalue weighted by atomic mass is 10.0. The summed E-state index contributed by atoms with van der Waals surface area (Å²) in [4.78, 5) is 36.1. The minimum atomic E-state index is -0.912. The Morgan fingerprint density at radius 2 is 1.75 bits per heavy atom. The van der Waals surface area contributed by atoms with Crippen LogP contribution in [0.2, 0.25) is 0 Å². The number of pyridine rings is 2. The number of hydrogen-bond acceptors (Lipinski definition) is 6. The molecule has 0 aromatic carbocycles. The lowest BCUT2D eigenvalue weighted by Gasteiger charge is -2.06. The van der Waals surface area contributed by atoms with Gasteiger partial charge in [-0.25, -0.2) is 0 Å². The predicted molar refractivity (Wildman–Crippen MR) is 68.2 cm³/mol. The van der Waals surface area contributed by atoms with Crippen molar-refractivity contribution < 1.29 is 9.85 Å². The van der Waals surface area contributed by atoms with E-state index in [9.17, 15) is 25.0 Å². The molecule has 102 valence electrons. The molecule has 0 aliphatic carbocycles. The molecule has 9 heteroatoms. The summed E-state index contributed by atoms with van der Waals surface area (Å²) in [7, 11) is 1.22. The van der Waals surface area contributed by atoms with E-state index in [-0.39, 0.29) is 11.1 Å². The molecular formula is C11H8N4O5. The van der Waals surface area contributed by atoms with Gasteiger partial charge in [-0.2, -0.15) is 0 Å². The van der Waals surface area contributed by atoms with E-state index in [1.165, 1.54) is 31.6 Å². The van der Waals surface area contributed by atoms with Gasteiger partial charge in [-0.3, -0.25) is 30.0 Å². The van der Waals surface area contributed by atoms with Gasteiger partial charge in [0.1, 0.15) is 5.56 Å². The van der Waals surface area contributed by atoms with E-state index in [0.717, 1.165) is 10.8 Å². The van der Waals surface area contributed by atoms with E-state index in [4.69, 9.17) is 0 Å². The van der Waals surface area contributed by atoms with Gasteiger partial charge in [-0.05, 0) is 17.7 Å². The Kier molecular flexibility index (Phi) is 3.25. The van der Waals surface area contributed by atoms with Crippen molar-refractivity contribution in [2.24, 2.45) is 7.05 Å². The molecule has 0 amide bonds. The Hall–Kier alpha value is -3.10. The Morgan fingerprint density at radius 1 is 1.15 bits per heavy atom. The number of hydrogen-bond donors (Lipinski definition) is 0. The van der Waals surface area contributed by atoms with Crippen molar-refractivity contribution in [1.82, 2.24) is 9.55 Å². The zero-order chi connectivity index (χ0) is 14.9. The van der Waals surface area contributed by atoms with Gasteiger partial charge in [0.05, 0.1) is 16.0 Å². The fraction of sp³-hybridized carbons (Fsp3) is 0.0909. The van der Waals surface area contributed by atoms with E-state index >= 15 is 0 Å². The molecule has 0 saturated carbocycles. The molecule has 0 atom stereocenters. The molecule has 0 unspecified atom stereocenters. The fourth-order valence-corrected chi connectivity index (χ4v) is 1.81. The van der Waals surface area contributed by atoms with Crippen LogP contribution in [0.4, 0.5) is 11.4 Å². The molecular weight excluding hydrogens is 268 g/mol. The van der Waals surface area contributed by atoms with Crippen molar-refractivity contribution in [3.63, 3.8) is 0 Å². The maximum atomic E-state index is 11.9. The Balaban J connectivity index is 2.96. The highest BCUT2D eigenvalue weighted by Crippen LogP contribution is 2.34. The first-order valence-corrected chi connectivity index (χ1v) is 5.36. The van der Waals surface area contributed by atoms with Crippen LogP contribution in [0.1, 0.15) is 0 Å². The Bertz CT molecular complexity index is 753. The average molecular weight is 276 g/mol. The van der Waals surface area contributed by atoms with Crippen LogP contribution in [0, 0.1) is 20.2 Å². The quantitative estimate of drug-likeness (QED) is 0.614. The van der Waals surface area contributed by atoms with Crippen LogP contribution in [0.15, 0.2) is 35.5 Å². The molecule has 0 bridgehead atoms. The molecule has 0 aliphatic rings. The zero-order valence-electron chi connectivity index (χ0n) is 10.2. The second-order valence-electron chi connectivity index (χ2n) is 3.90. The minimum absolute atomic E-state index is 0.191. The van der Waals surface area contributed by atoms with Crippen molar-refractivity contribution in [3.8, 4) is 11.1 Å². The number of nitro groups is 2. The van der Waals surface area contributed by atoms with Crippen molar-refractivity contribution in [2.45, 2.75) is 0 Å². The van der Waals surface area contributed by atoms with Crippen molar-refractivity contribution >= 4 is 11.4 Å². The summed E-state index contributed by atoms with van der Waals surface area (Å²) in [6, 6.07) is 2.74. The van der Waals surface area contributed by atoms with Crippen LogP contribution in [-0.2, 0) is 7.05 Å². The molecule has 0 fully saturated rings. The topological polar surface area (TPSA) is 121 Å². The highest BCUT2D eigenvalue weighted by Gasteiger charge is 2.31. The van der Waals surface area contributed by atoms with Crippen molar-refractivity contribution in [1.29, 1.82) is 0 Å². The van der Waals surface area contributed by atoms with Crippen LogP contribution in [-0.4, -0.2) is 19.4 Å². The van der Waals surface area contributed by atoms with E-state index in [2.05, 4.69) is 4.98 Å². The summed E-state index contributed by atoms with van der Waals surface area (Å²) < 4.78 is 0.820. The third-order valence-electron chi connectivity index (χ3n) is 2.68. The van der Waals surface area contributed by atoms with Gasteiger partial charge >= 0.3 is 11.2 Å². The summed E-state index contributed by atoms with van der Waals surface area (Å²) in [5, 5.41) is 22.2. The van der Waals surface area contributed by atoms with Gasteiger partial charge in [0.25, 0.3) is 5.69 Å². The maximum absolute atomic E-state index is 11.9. The van der Waals surface area contributed by atoms with Crippen LogP contribution in [0.5, 0.6) is 0 Å². The Morgan fingerprint density at radius 3 is 2.25 bits per heavy atom. The van der Waals surface area contributed by atoms with E-state index in [0.29, 0.717) is 0 Å². The van der Waals surface area contributed by atoms with E-state index in [1.807, 2.05) is 0 Å². The SMILES string of the molecule is Cn1cc([N+](=O)[O-])c(-c2ccncc2)c([N+](=O)[O-])c1=O. The highest BCUT2D eigenvalue weighted by atomic mass is 16.6. The lowest BCUT2D eigenvalue weighted by molar-refractivity contribution is -0.394. The fourth-order valence-electron chi connectivity index (χ4n) is 1.81. The number of nitrogens with zero attached hydrogens (tertiary/aromatic N) is 4. The normalized spacial score (nSPS) is 10.2. The standard InChI is InChI=1S/C11H8N4O5/c1-13-6-8(14(17)18)9(7-2-4-12-5-3-7)10(11(13)16)15(19)20/h2-6H,1H3. The first-order chi connectivity index (χ1) is 9.43. The highest BCUT2D eigenvalue weighted by molar-refractivity contribution is 5.81. The van der Waals surface area contributed by atoms with Gasteiger partial charge in [0, 0.05) is 19.4 Å². The lowest BCUT2D eigenvalue weighted by Crippen LogP contribution is -2.21. The molecule has 2 heterocycles. The molecule has 20 heavy (non-hydrogen) atoms. The minimum Gasteiger partial charge on any atom is -0.306 e. The molecule has 0 aliphatic heterocycles. The summed E-state index contributed by atoms with van der Waals surface area (Å²) >= 11 is 0. The number of rotatable bonds is 3. The summed E-state index contributed by atoms with van der Waals surface area (Å²) in [6.45, 7) is 0. The third-order valence-corrected chi connectivity index (χ3v) is 2.68. The summed E-state index contributed by atoms with van der Waals surface area (Å²) in [6.07, 6.45) is 3.63. The van der Waals surface area contributed by atoms with Crippen molar-refractivity contribution in [3.05, 3.63) is 61.3 Å². The van der Waals surface area contributed by atoms with Crippen LogP contribution < -0.4 is 5.56 Å². The average Bonchev–Trinajstić information content (AvgIpc) is 2.41. The van der Waals surface area contributed by atoms with Crippen LogP contribution >= 0.6 is 0 Å². The molecule has 2 rings (SSSR count). The summed E-state index contributed by atoms with van der Waals surface area (Å²) in [5.74, 6) is 0. The molecule has 0 N–H and O–H groups in total. The van der Waals surface area contributed by atoms with E-state index < -0.39 is 26.8 Å². The van der Waals surface area contributed by atoms with Gasteiger partial charge in [-0.1, -0.05) is 0 Å². The zero-order valence-corrected chi connectivity index (χ0v) is 10.2. The largest absolute Gasteiger partial charge is 0.348 e. The summed E-state index contributed by atoms with van der Waals surface area (Å²) in [5.41, 5.74) is -2.37. The van der Waals surface area contributed by atoms with Crippen molar-refractivity contribution in [2.75, 3.05) is 0 Å². The number of aryl methyl sites for hydroxylation is 1. The molecule has 9 nitrogen and oxygen atoms in total. The second kappa shape index (κ2) is 4.88. The second-order valence-corrected chi connectivity index (χ2v) is 3.90. The first-order valence-electron chi connectivity index (χ1n) is 5.36. The van der Waals surface area contributed by atoms with E-state index in [1.54, 1.807) is 0 Å². The first kappa shape index (κ1) is 13.3. The predicted octanol–water partition coefficient (Wildman–Crippen LogP) is 1.26. The van der Waals surface area contributed by atoms with Gasteiger partial charge in [0.2, 0.25) is 0 Å². The van der Waals surface area contributed by atoms with Gasteiger partial charge < -0.3 is 4.57 Å². The monoisotopic (exact) mass is 276 g/mol.